The topological polar surface area (TPSA) is 68.0 Å². The van der Waals surface area contributed by atoms with Gasteiger partial charge in [0.1, 0.15) is 5.69 Å². The maximum atomic E-state index is 12.1. The zero-order valence-corrected chi connectivity index (χ0v) is 11.0. The van der Waals surface area contributed by atoms with Crippen LogP contribution in [0.25, 0.3) is 0 Å². The van der Waals surface area contributed by atoms with Gasteiger partial charge in [-0.2, -0.15) is 0 Å². The number of nitrogens with zero attached hydrogens (tertiary/aromatic N) is 1. The minimum absolute atomic E-state index is 0.0963. The van der Waals surface area contributed by atoms with Gasteiger partial charge in [0, 0.05) is 6.04 Å². The predicted octanol–water partition coefficient (Wildman–Crippen LogP) is 2.22. The van der Waals surface area contributed by atoms with Crippen molar-refractivity contribution in [2.24, 2.45) is 11.8 Å². The first kappa shape index (κ1) is 12.9. The van der Waals surface area contributed by atoms with Gasteiger partial charge in [-0.05, 0) is 30.4 Å². The number of hydrogen-bond acceptors (Lipinski definition) is 3. The van der Waals surface area contributed by atoms with E-state index < -0.39 is 0 Å². The van der Waals surface area contributed by atoms with Crippen LogP contribution in [0.3, 0.4) is 0 Å². The van der Waals surface area contributed by atoms with E-state index in [1.54, 1.807) is 12.1 Å². The summed E-state index contributed by atoms with van der Waals surface area (Å²) >= 11 is 0. The monoisotopic (exact) mass is 247 g/mol. The lowest BCUT2D eigenvalue weighted by atomic mass is 9.78. The van der Waals surface area contributed by atoms with E-state index in [1.807, 2.05) is 0 Å². The van der Waals surface area contributed by atoms with Crippen LogP contribution in [0.4, 0.5) is 5.69 Å². The number of pyridine rings is 1. The second-order valence-corrected chi connectivity index (χ2v) is 5.32. The summed E-state index contributed by atoms with van der Waals surface area (Å²) in [6.45, 7) is 4.47. The number of carbonyl (C=O) groups excluding carboxylic acids is 1. The average Bonchev–Trinajstić information content (AvgIpc) is 2.36. The molecule has 1 aromatic rings. The number of amides is 1. The Kier molecular flexibility index (Phi) is 3.84. The van der Waals surface area contributed by atoms with Crippen molar-refractivity contribution < 1.29 is 4.79 Å². The van der Waals surface area contributed by atoms with E-state index in [2.05, 4.69) is 24.1 Å². The molecule has 18 heavy (non-hydrogen) atoms. The van der Waals surface area contributed by atoms with Gasteiger partial charge in [0.15, 0.2) is 0 Å². The number of rotatable bonds is 2. The number of hydrogen-bond donors (Lipinski definition) is 2. The number of carbonyl (C=O) groups is 1. The Morgan fingerprint density at radius 3 is 2.83 bits per heavy atom. The third kappa shape index (κ3) is 2.81. The zero-order valence-electron chi connectivity index (χ0n) is 11.0. The van der Waals surface area contributed by atoms with Crippen LogP contribution in [0, 0.1) is 11.8 Å². The molecule has 1 aliphatic carbocycles. The molecule has 4 nitrogen and oxygen atoms in total. The highest BCUT2D eigenvalue weighted by Gasteiger charge is 2.28. The Labute approximate surface area is 108 Å². The van der Waals surface area contributed by atoms with Crippen molar-refractivity contribution in [1.82, 2.24) is 10.3 Å². The lowest BCUT2D eigenvalue weighted by Gasteiger charge is -2.34. The molecule has 98 valence electrons. The molecule has 3 atom stereocenters. The fourth-order valence-corrected chi connectivity index (χ4v) is 2.57. The number of nitrogens with one attached hydrogen (secondary N) is 1. The summed E-state index contributed by atoms with van der Waals surface area (Å²) in [5.74, 6) is 1.10. The molecule has 1 aromatic heterocycles. The molecule has 2 rings (SSSR count). The second-order valence-electron chi connectivity index (χ2n) is 5.32. The first-order chi connectivity index (χ1) is 8.58. The number of nitrogen functional groups attached to an aromatic ring is 1. The molecular formula is C14H21N3O. The van der Waals surface area contributed by atoms with Crippen molar-refractivity contribution in [2.45, 2.75) is 39.2 Å². The van der Waals surface area contributed by atoms with Gasteiger partial charge < -0.3 is 11.1 Å². The van der Waals surface area contributed by atoms with Gasteiger partial charge in [-0.1, -0.05) is 26.7 Å². The van der Waals surface area contributed by atoms with Crippen molar-refractivity contribution in [3.63, 3.8) is 0 Å². The highest BCUT2D eigenvalue weighted by atomic mass is 16.1. The van der Waals surface area contributed by atoms with E-state index in [4.69, 9.17) is 5.73 Å². The summed E-state index contributed by atoms with van der Waals surface area (Å²) in [4.78, 5) is 16.1. The van der Waals surface area contributed by atoms with Gasteiger partial charge in [0.05, 0.1) is 11.9 Å². The van der Waals surface area contributed by atoms with E-state index in [9.17, 15) is 4.79 Å². The maximum Gasteiger partial charge on any atom is 0.270 e. The summed E-state index contributed by atoms with van der Waals surface area (Å²) in [6, 6.07) is 3.64. The standard InChI is InChI=1S/C14H21N3O/c1-9-4-3-5-12(10(9)2)17-14(18)13-7-6-11(15)8-16-13/h6-10,12H,3-5,15H2,1-2H3,(H,17,18). The second kappa shape index (κ2) is 5.38. The first-order valence-corrected chi connectivity index (χ1v) is 6.60. The van der Waals surface area contributed by atoms with Gasteiger partial charge in [-0.25, -0.2) is 4.98 Å². The molecule has 1 heterocycles. The smallest absolute Gasteiger partial charge is 0.270 e. The molecule has 1 saturated carbocycles. The molecule has 0 bridgehead atoms. The number of aromatic nitrogens is 1. The van der Waals surface area contributed by atoms with Crippen LogP contribution >= 0.6 is 0 Å². The van der Waals surface area contributed by atoms with Crippen molar-refractivity contribution in [1.29, 1.82) is 0 Å². The fourth-order valence-electron chi connectivity index (χ4n) is 2.57. The Bertz CT molecular complexity index is 416. The quantitative estimate of drug-likeness (QED) is 0.842. The van der Waals surface area contributed by atoms with E-state index >= 15 is 0 Å². The maximum absolute atomic E-state index is 12.1. The SMILES string of the molecule is CC1CCCC(NC(=O)c2ccc(N)cn2)C1C. The molecule has 4 heteroatoms. The van der Waals surface area contributed by atoms with E-state index in [-0.39, 0.29) is 11.9 Å². The molecule has 1 fully saturated rings. The van der Waals surface area contributed by atoms with Crippen LogP contribution in [0.5, 0.6) is 0 Å². The normalized spacial score (nSPS) is 27.8. The highest BCUT2D eigenvalue weighted by Crippen LogP contribution is 2.29. The van der Waals surface area contributed by atoms with Crippen LogP contribution in [0.15, 0.2) is 18.3 Å². The van der Waals surface area contributed by atoms with Gasteiger partial charge >= 0.3 is 0 Å². The van der Waals surface area contributed by atoms with Crippen LogP contribution < -0.4 is 11.1 Å². The predicted molar refractivity (Wildman–Crippen MR) is 72.1 cm³/mol. The van der Waals surface area contributed by atoms with E-state index in [1.165, 1.54) is 19.0 Å². The molecular weight excluding hydrogens is 226 g/mol. The largest absolute Gasteiger partial charge is 0.397 e. The minimum atomic E-state index is -0.0963. The Morgan fingerprint density at radius 1 is 1.39 bits per heavy atom. The van der Waals surface area contributed by atoms with Crippen molar-refractivity contribution in [3.8, 4) is 0 Å². The zero-order chi connectivity index (χ0) is 13.1. The molecule has 0 saturated heterocycles. The molecule has 1 amide bonds. The lowest BCUT2D eigenvalue weighted by molar-refractivity contribution is 0.0886. The molecule has 0 spiro atoms. The summed E-state index contributed by atoms with van der Waals surface area (Å²) in [5, 5.41) is 3.09. The number of anilines is 1. The molecule has 0 aliphatic heterocycles. The molecule has 3 N–H and O–H groups in total. The summed E-state index contributed by atoms with van der Waals surface area (Å²) < 4.78 is 0. The van der Waals surface area contributed by atoms with Crippen molar-refractivity contribution in [3.05, 3.63) is 24.0 Å². The van der Waals surface area contributed by atoms with E-state index in [0.29, 0.717) is 23.2 Å². The third-order valence-corrected chi connectivity index (χ3v) is 4.04. The van der Waals surface area contributed by atoms with Crippen LogP contribution in [0.1, 0.15) is 43.6 Å². The van der Waals surface area contributed by atoms with Crippen molar-refractivity contribution in [2.75, 3.05) is 5.73 Å². The summed E-state index contributed by atoms with van der Waals surface area (Å²) in [7, 11) is 0. The highest BCUT2D eigenvalue weighted by molar-refractivity contribution is 5.92. The van der Waals surface area contributed by atoms with E-state index in [0.717, 1.165) is 6.42 Å². The average molecular weight is 247 g/mol. The third-order valence-electron chi connectivity index (χ3n) is 4.04. The Balaban J connectivity index is 2.00. The van der Waals surface area contributed by atoms with Gasteiger partial charge in [-0.15, -0.1) is 0 Å². The Hall–Kier alpha value is -1.58. The number of nitrogens with two attached hydrogens (primary N) is 1. The fraction of sp³-hybridized carbons (Fsp3) is 0.571. The molecule has 1 aliphatic rings. The van der Waals surface area contributed by atoms with Crippen molar-refractivity contribution >= 4 is 11.6 Å². The Morgan fingerprint density at radius 2 is 2.17 bits per heavy atom. The summed E-state index contributed by atoms with van der Waals surface area (Å²) in [5.41, 5.74) is 6.57. The van der Waals surface area contributed by atoms with Gasteiger partial charge in [0.2, 0.25) is 0 Å². The van der Waals surface area contributed by atoms with Crippen LogP contribution in [-0.2, 0) is 0 Å². The molecule has 3 unspecified atom stereocenters. The van der Waals surface area contributed by atoms with Gasteiger partial charge in [0.25, 0.3) is 5.91 Å². The molecule has 0 aromatic carbocycles. The van der Waals surface area contributed by atoms with Crippen LogP contribution in [0.2, 0.25) is 0 Å². The lowest BCUT2D eigenvalue weighted by Crippen LogP contribution is -2.43. The van der Waals surface area contributed by atoms with Crippen LogP contribution in [-0.4, -0.2) is 16.9 Å². The van der Waals surface area contributed by atoms with Gasteiger partial charge in [-0.3, -0.25) is 4.79 Å². The first-order valence-electron chi connectivity index (χ1n) is 6.60. The summed E-state index contributed by atoms with van der Waals surface area (Å²) in [6.07, 6.45) is 5.02. The minimum Gasteiger partial charge on any atom is -0.397 e. The molecule has 0 radical (unpaired) electrons.